The van der Waals surface area contributed by atoms with Crippen LogP contribution in [0.25, 0.3) is 0 Å². The van der Waals surface area contributed by atoms with Crippen LogP contribution in [0.4, 0.5) is 5.69 Å². The fraction of sp³-hybridized carbons (Fsp3) is 0.600. The van der Waals surface area contributed by atoms with E-state index in [9.17, 15) is 0 Å². The Morgan fingerprint density at radius 1 is 1.18 bits per heavy atom. The number of nitrogens with one attached hydrogen (secondary N) is 1. The summed E-state index contributed by atoms with van der Waals surface area (Å²) in [6.45, 7) is 5.60. The Hall–Kier alpha value is -1.02. The van der Waals surface area contributed by atoms with Gasteiger partial charge in [0.1, 0.15) is 0 Å². The molecule has 0 aliphatic heterocycles. The summed E-state index contributed by atoms with van der Waals surface area (Å²) in [5.41, 5.74) is 2.70. The monoisotopic (exact) mass is 234 g/mol. The minimum atomic E-state index is 0.614. The van der Waals surface area contributed by atoms with Crippen molar-refractivity contribution < 1.29 is 0 Å². The molecule has 1 unspecified atom stereocenters. The lowest BCUT2D eigenvalue weighted by molar-refractivity contribution is 0.514. The first-order valence-corrected chi connectivity index (χ1v) is 6.63. The molecule has 0 heterocycles. The summed E-state index contributed by atoms with van der Waals surface area (Å²) in [5.74, 6) is 0. The van der Waals surface area contributed by atoms with Crippen LogP contribution in [0.15, 0.2) is 24.3 Å². The zero-order chi connectivity index (χ0) is 12.7. The lowest BCUT2D eigenvalue weighted by Crippen LogP contribution is -2.27. The van der Waals surface area contributed by atoms with Crippen molar-refractivity contribution >= 4 is 5.69 Å². The molecular formula is C15H26N2. The fourth-order valence-corrected chi connectivity index (χ4v) is 1.84. The third-order valence-corrected chi connectivity index (χ3v) is 3.06. The van der Waals surface area contributed by atoms with E-state index in [1.165, 1.54) is 24.1 Å². The summed E-state index contributed by atoms with van der Waals surface area (Å²) < 4.78 is 0. The van der Waals surface area contributed by atoms with Crippen LogP contribution in [0.2, 0.25) is 0 Å². The predicted molar refractivity (Wildman–Crippen MR) is 76.8 cm³/mol. The molecule has 1 aromatic rings. The van der Waals surface area contributed by atoms with E-state index in [1.54, 1.807) is 0 Å². The third kappa shape index (κ3) is 5.22. The van der Waals surface area contributed by atoms with Gasteiger partial charge in [0.2, 0.25) is 0 Å². The molecule has 0 spiro atoms. The second kappa shape index (κ2) is 7.33. The molecule has 0 radical (unpaired) electrons. The zero-order valence-corrected chi connectivity index (χ0v) is 11.7. The normalized spacial score (nSPS) is 12.5. The third-order valence-electron chi connectivity index (χ3n) is 3.06. The van der Waals surface area contributed by atoms with Gasteiger partial charge in [0.25, 0.3) is 0 Å². The molecule has 1 atom stereocenters. The first kappa shape index (κ1) is 14.0. The first-order chi connectivity index (χ1) is 8.13. The van der Waals surface area contributed by atoms with Crippen molar-refractivity contribution in [3.63, 3.8) is 0 Å². The molecule has 96 valence electrons. The van der Waals surface area contributed by atoms with Crippen LogP contribution < -0.4 is 10.2 Å². The molecule has 1 N–H and O–H groups in total. The van der Waals surface area contributed by atoms with Crippen LogP contribution in [-0.4, -0.2) is 26.7 Å². The maximum absolute atomic E-state index is 3.52. The molecule has 0 bridgehead atoms. The molecule has 17 heavy (non-hydrogen) atoms. The molecule has 1 aromatic carbocycles. The van der Waals surface area contributed by atoms with Crippen molar-refractivity contribution in [2.45, 2.75) is 39.2 Å². The van der Waals surface area contributed by atoms with Crippen LogP contribution in [-0.2, 0) is 6.42 Å². The summed E-state index contributed by atoms with van der Waals surface area (Å²) in [4.78, 5) is 2.13. The Balaban J connectivity index is 2.36. The van der Waals surface area contributed by atoms with Gasteiger partial charge in [-0.2, -0.15) is 0 Å². The number of hydrogen-bond acceptors (Lipinski definition) is 2. The standard InChI is InChI=1S/C15H26N2/c1-5-12-16-13(2)6-7-14-8-10-15(11-9-14)17(3)4/h8-11,13,16H,5-7,12H2,1-4H3. The number of anilines is 1. The van der Waals surface area contributed by atoms with Gasteiger partial charge in [0.15, 0.2) is 0 Å². The number of nitrogens with zero attached hydrogens (tertiary/aromatic N) is 1. The molecule has 0 aliphatic rings. The van der Waals surface area contributed by atoms with Crippen LogP contribution >= 0.6 is 0 Å². The highest BCUT2D eigenvalue weighted by molar-refractivity contribution is 5.45. The Morgan fingerprint density at radius 2 is 1.82 bits per heavy atom. The number of hydrogen-bond donors (Lipinski definition) is 1. The van der Waals surface area contributed by atoms with Crippen molar-refractivity contribution in [3.05, 3.63) is 29.8 Å². The van der Waals surface area contributed by atoms with Gasteiger partial charge in [-0.15, -0.1) is 0 Å². The maximum Gasteiger partial charge on any atom is 0.0361 e. The molecule has 0 aromatic heterocycles. The average Bonchev–Trinajstić information content (AvgIpc) is 2.34. The van der Waals surface area contributed by atoms with E-state index in [2.05, 4.69) is 62.4 Å². The summed E-state index contributed by atoms with van der Waals surface area (Å²) >= 11 is 0. The molecule has 0 aliphatic carbocycles. The SMILES string of the molecule is CCCNC(C)CCc1ccc(N(C)C)cc1. The van der Waals surface area contributed by atoms with Crippen LogP contribution in [0, 0.1) is 0 Å². The molecule has 0 amide bonds. The van der Waals surface area contributed by atoms with Gasteiger partial charge in [-0.25, -0.2) is 0 Å². The molecular weight excluding hydrogens is 208 g/mol. The Kier molecular flexibility index (Phi) is 6.06. The van der Waals surface area contributed by atoms with Crippen molar-refractivity contribution in [2.75, 3.05) is 25.5 Å². The minimum absolute atomic E-state index is 0.614. The van der Waals surface area contributed by atoms with Crippen molar-refractivity contribution in [3.8, 4) is 0 Å². The molecule has 2 heteroatoms. The summed E-state index contributed by atoms with van der Waals surface area (Å²) in [6.07, 6.45) is 3.58. The van der Waals surface area contributed by atoms with E-state index < -0.39 is 0 Å². The van der Waals surface area contributed by atoms with E-state index in [0.29, 0.717) is 6.04 Å². The molecule has 1 rings (SSSR count). The highest BCUT2D eigenvalue weighted by Crippen LogP contribution is 2.13. The van der Waals surface area contributed by atoms with E-state index in [4.69, 9.17) is 0 Å². The Labute approximate surface area is 106 Å². The second-order valence-corrected chi connectivity index (χ2v) is 4.95. The lowest BCUT2D eigenvalue weighted by atomic mass is 10.1. The second-order valence-electron chi connectivity index (χ2n) is 4.95. The highest BCUT2D eigenvalue weighted by Gasteiger charge is 2.01. The van der Waals surface area contributed by atoms with Crippen LogP contribution in [0.1, 0.15) is 32.3 Å². The van der Waals surface area contributed by atoms with Gasteiger partial charge < -0.3 is 10.2 Å². The van der Waals surface area contributed by atoms with E-state index in [-0.39, 0.29) is 0 Å². The average molecular weight is 234 g/mol. The highest BCUT2D eigenvalue weighted by atomic mass is 15.1. The van der Waals surface area contributed by atoms with Crippen LogP contribution in [0.3, 0.4) is 0 Å². The van der Waals surface area contributed by atoms with Gasteiger partial charge >= 0.3 is 0 Å². The van der Waals surface area contributed by atoms with Crippen molar-refractivity contribution in [1.82, 2.24) is 5.32 Å². The van der Waals surface area contributed by atoms with Crippen LogP contribution in [0.5, 0.6) is 0 Å². The van der Waals surface area contributed by atoms with Gasteiger partial charge in [-0.3, -0.25) is 0 Å². The molecule has 0 saturated carbocycles. The lowest BCUT2D eigenvalue weighted by Gasteiger charge is -2.14. The Bertz CT molecular complexity index is 303. The van der Waals surface area contributed by atoms with E-state index in [0.717, 1.165) is 13.0 Å². The van der Waals surface area contributed by atoms with E-state index in [1.807, 2.05) is 0 Å². The predicted octanol–water partition coefficient (Wildman–Crippen LogP) is 3.07. The quantitative estimate of drug-likeness (QED) is 0.780. The smallest absolute Gasteiger partial charge is 0.0361 e. The van der Waals surface area contributed by atoms with Gasteiger partial charge in [-0.1, -0.05) is 19.1 Å². The summed E-state index contributed by atoms with van der Waals surface area (Å²) in [5, 5.41) is 3.52. The van der Waals surface area contributed by atoms with E-state index >= 15 is 0 Å². The first-order valence-electron chi connectivity index (χ1n) is 6.63. The van der Waals surface area contributed by atoms with Gasteiger partial charge in [0, 0.05) is 25.8 Å². The molecule has 0 saturated heterocycles. The maximum atomic E-state index is 3.52. The van der Waals surface area contributed by atoms with Crippen molar-refractivity contribution in [2.24, 2.45) is 0 Å². The van der Waals surface area contributed by atoms with Gasteiger partial charge in [0.05, 0.1) is 0 Å². The largest absolute Gasteiger partial charge is 0.378 e. The topological polar surface area (TPSA) is 15.3 Å². The summed E-state index contributed by atoms with van der Waals surface area (Å²) in [6, 6.07) is 9.48. The minimum Gasteiger partial charge on any atom is -0.378 e. The summed E-state index contributed by atoms with van der Waals surface area (Å²) in [7, 11) is 4.15. The zero-order valence-electron chi connectivity index (χ0n) is 11.7. The fourth-order valence-electron chi connectivity index (χ4n) is 1.84. The molecule has 2 nitrogen and oxygen atoms in total. The molecule has 0 fully saturated rings. The van der Waals surface area contributed by atoms with Crippen molar-refractivity contribution in [1.29, 1.82) is 0 Å². The number of rotatable bonds is 7. The van der Waals surface area contributed by atoms with Gasteiger partial charge in [-0.05, 0) is 50.4 Å². The number of aryl methyl sites for hydroxylation is 1. The number of benzene rings is 1. The Morgan fingerprint density at radius 3 is 2.35 bits per heavy atom.